The quantitative estimate of drug-likeness (QED) is 0.257. The Balaban J connectivity index is 1.25. The Bertz CT molecular complexity index is 1150. The summed E-state index contributed by atoms with van der Waals surface area (Å²) in [5.74, 6) is 1.79. The molecular weight excluding hydrogens is 474 g/mol. The molecule has 0 spiro atoms. The Morgan fingerprint density at radius 2 is 1.29 bits per heavy atom. The van der Waals surface area contributed by atoms with E-state index in [4.69, 9.17) is 25.8 Å². The van der Waals surface area contributed by atoms with Crippen molar-refractivity contribution >= 4 is 40.6 Å². The first-order valence-electron chi connectivity index (χ1n) is 10.6. The SMILES string of the molecule is O=C1S/C(=C\c2ccc(OCCOc3ccccc3)cc2)C(=O)N1CCOc1ccc(Cl)cc1. The summed E-state index contributed by atoms with van der Waals surface area (Å²) in [6.45, 7) is 1.21. The molecule has 0 aliphatic carbocycles. The zero-order valence-electron chi connectivity index (χ0n) is 18.2. The highest BCUT2D eigenvalue weighted by Gasteiger charge is 2.34. The van der Waals surface area contributed by atoms with Crippen LogP contribution in [0.4, 0.5) is 4.79 Å². The van der Waals surface area contributed by atoms with Gasteiger partial charge in [-0.2, -0.15) is 0 Å². The van der Waals surface area contributed by atoms with Gasteiger partial charge in [0.15, 0.2) is 0 Å². The normalized spacial score (nSPS) is 14.5. The largest absolute Gasteiger partial charge is 0.492 e. The van der Waals surface area contributed by atoms with Crippen molar-refractivity contribution in [1.82, 2.24) is 4.90 Å². The van der Waals surface area contributed by atoms with Crippen molar-refractivity contribution in [3.05, 3.63) is 94.4 Å². The number of carbonyl (C=O) groups excluding carboxylic acids is 2. The monoisotopic (exact) mass is 495 g/mol. The Kier molecular flexibility index (Phi) is 8.12. The molecule has 3 aromatic carbocycles. The molecule has 2 amide bonds. The number of imide groups is 1. The lowest BCUT2D eigenvalue weighted by Crippen LogP contribution is -2.32. The number of hydrogen-bond donors (Lipinski definition) is 0. The first kappa shape index (κ1) is 23.7. The Hall–Kier alpha value is -3.42. The molecule has 1 fully saturated rings. The number of hydrogen-bond acceptors (Lipinski definition) is 6. The average Bonchev–Trinajstić information content (AvgIpc) is 3.12. The molecule has 0 unspecified atom stereocenters. The predicted octanol–water partition coefficient (Wildman–Crippen LogP) is 5.91. The first-order chi connectivity index (χ1) is 16.6. The van der Waals surface area contributed by atoms with Crippen LogP contribution in [0.15, 0.2) is 83.8 Å². The van der Waals surface area contributed by atoms with Gasteiger partial charge in [0, 0.05) is 5.02 Å². The fourth-order valence-corrected chi connectivity index (χ4v) is 4.12. The molecule has 1 heterocycles. The van der Waals surface area contributed by atoms with Crippen LogP contribution in [0.5, 0.6) is 17.2 Å². The molecule has 34 heavy (non-hydrogen) atoms. The van der Waals surface area contributed by atoms with Crippen LogP contribution in [-0.2, 0) is 4.79 Å². The van der Waals surface area contributed by atoms with Crippen molar-refractivity contribution in [3.8, 4) is 17.2 Å². The van der Waals surface area contributed by atoms with Gasteiger partial charge < -0.3 is 14.2 Å². The van der Waals surface area contributed by atoms with Gasteiger partial charge in [-0.3, -0.25) is 14.5 Å². The van der Waals surface area contributed by atoms with Gasteiger partial charge in [0.1, 0.15) is 37.1 Å². The Morgan fingerprint density at radius 3 is 1.94 bits per heavy atom. The molecule has 0 atom stereocenters. The zero-order chi connectivity index (χ0) is 23.8. The van der Waals surface area contributed by atoms with E-state index >= 15 is 0 Å². The molecule has 1 saturated heterocycles. The molecule has 0 radical (unpaired) electrons. The number of thioether (sulfide) groups is 1. The number of nitrogens with zero attached hydrogens (tertiary/aromatic N) is 1. The Morgan fingerprint density at radius 1 is 0.735 bits per heavy atom. The highest BCUT2D eigenvalue weighted by molar-refractivity contribution is 8.18. The van der Waals surface area contributed by atoms with Gasteiger partial charge in [0.2, 0.25) is 0 Å². The van der Waals surface area contributed by atoms with Crippen molar-refractivity contribution in [2.75, 3.05) is 26.4 Å². The van der Waals surface area contributed by atoms with Gasteiger partial charge in [-0.05, 0) is 71.9 Å². The number of para-hydroxylation sites is 1. The van der Waals surface area contributed by atoms with E-state index in [0.717, 1.165) is 23.1 Å². The third-order valence-electron chi connectivity index (χ3n) is 4.81. The number of benzene rings is 3. The minimum atomic E-state index is -0.326. The maximum Gasteiger partial charge on any atom is 0.293 e. The van der Waals surface area contributed by atoms with Gasteiger partial charge in [-0.25, -0.2) is 0 Å². The van der Waals surface area contributed by atoms with Gasteiger partial charge >= 0.3 is 0 Å². The van der Waals surface area contributed by atoms with Crippen molar-refractivity contribution in [3.63, 3.8) is 0 Å². The molecule has 0 bridgehead atoms. The van der Waals surface area contributed by atoms with Crippen molar-refractivity contribution in [2.24, 2.45) is 0 Å². The molecule has 0 aromatic heterocycles. The summed E-state index contributed by atoms with van der Waals surface area (Å²) in [5, 5.41) is 0.300. The van der Waals surface area contributed by atoms with Crippen molar-refractivity contribution in [1.29, 1.82) is 0 Å². The summed E-state index contributed by atoms with van der Waals surface area (Å²) >= 11 is 6.78. The van der Waals surface area contributed by atoms with Crippen LogP contribution in [0.2, 0.25) is 5.02 Å². The lowest BCUT2D eigenvalue weighted by atomic mass is 10.2. The second-order valence-corrected chi connectivity index (χ2v) is 8.64. The maximum atomic E-state index is 12.7. The van der Waals surface area contributed by atoms with Crippen molar-refractivity contribution in [2.45, 2.75) is 0 Å². The van der Waals surface area contributed by atoms with Crippen LogP contribution in [0.1, 0.15) is 5.56 Å². The van der Waals surface area contributed by atoms with E-state index < -0.39 is 0 Å². The fourth-order valence-electron chi connectivity index (χ4n) is 3.13. The van der Waals surface area contributed by atoms with Crippen LogP contribution in [0, 0.1) is 0 Å². The molecule has 3 aromatic rings. The maximum absolute atomic E-state index is 12.7. The molecule has 174 valence electrons. The standard InChI is InChI=1S/C26H22ClNO5S/c27-20-8-12-23(13-9-20)31-15-14-28-25(29)24(34-26(28)30)18-19-6-10-22(11-7-19)33-17-16-32-21-4-2-1-3-5-21/h1-13,18H,14-17H2/b24-18-. The number of halogens is 1. The van der Waals surface area contributed by atoms with Crippen LogP contribution < -0.4 is 14.2 Å². The number of carbonyl (C=O) groups is 2. The predicted molar refractivity (Wildman–Crippen MR) is 133 cm³/mol. The topological polar surface area (TPSA) is 65.1 Å². The van der Waals surface area contributed by atoms with E-state index in [2.05, 4.69) is 0 Å². The van der Waals surface area contributed by atoms with Gasteiger partial charge in [0.05, 0.1) is 11.4 Å². The lowest BCUT2D eigenvalue weighted by molar-refractivity contribution is -0.123. The average molecular weight is 496 g/mol. The number of amides is 2. The van der Waals surface area contributed by atoms with Gasteiger partial charge in [0.25, 0.3) is 11.1 Å². The van der Waals surface area contributed by atoms with E-state index in [1.165, 1.54) is 4.90 Å². The van der Waals surface area contributed by atoms with Crippen LogP contribution in [-0.4, -0.2) is 42.4 Å². The lowest BCUT2D eigenvalue weighted by Gasteiger charge is -2.13. The summed E-state index contributed by atoms with van der Waals surface area (Å²) in [6, 6.07) is 23.8. The first-order valence-corrected chi connectivity index (χ1v) is 11.8. The van der Waals surface area contributed by atoms with Gasteiger partial charge in [-0.1, -0.05) is 41.9 Å². The highest BCUT2D eigenvalue weighted by Crippen LogP contribution is 2.32. The minimum Gasteiger partial charge on any atom is -0.492 e. The molecule has 1 aliphatic heterocycles. The smallest absolute Gasteiger partial charge is 0.293 e. The minimum absolute atomic E-state index is 0.169. The van der Waals surface area contributed by atoms with E-state index in [9.17, 15) is 9.59 Å². The van der Waals surface area contributed by atoms with Crippen LogP contribution in [0.25, 0.3) is 6.08 Å². The molecule has 8 heteroatoms. The molecule has 0 N–H and O–H groups in total. The summed E-state index contributed by atoms with van der Waals surface area (Å²) in [6.07, 6.45) is 1.70. The third-order valence-corrected chi connectivity index (χ3v) is 5.97. The summed E-state index contributed by atoms with van der Waals surface area (Å²) in [4.78, 5) is 26.5. The zero-order valence-corrected chi connectivity index (χ0v) is 19.8. The van der Waals surface area contributed by atoms with E-state index in [-0.39, 0.29) is 24.3 Å². The van der Waals surface area contributed by atoms with Crippen LogP contribution >= 0.6 is 23.4 Å². The van der Waals surface area contributed by atoms with E-state index in [1.54, 1.807) is 30.3 Å². The molecule has 0 saturated carbocycles. The second-order valence-electron chi connectivity index (χ2n) is 7.21. The molecule has 1 aliphatic rings. The molecule has 4 rings (SSSR count). The van der Waals surface area contributed by atoms with Crippen LogP contribution in [0.3, 0.4) is 0 Å². The summed E-state index contributed by atoms with van der Waals surface area (Å²) < 4.78 is 16.9. The summed E-state index contributed by atoms with van der Waals surface area (Å²) in [7, 11) is 0. The van der Waals surface area contributed by atoms with E-state index in [0.29, 0.717) is 34.6 Å². The number of ether oxygens (including phenoxy) is 3. The second kappa shape index (κ2) is 11.6. The Labute approximate surface area is 207 Å². The summed E-state index contributed by atoms with van der Waals surface area (Å²) in [5.41, 5.74) is 0.802. The molecular formula is C26H22ClNO5S. The fraction of sp³-hybridized carbons (Fsp3) is 0.154. The molecule has 6 nitrogen and oxygen atoms in total. The third kappa shape index (κ3) is 6.56. The number of rotatable bonds is 10. The highest BCUT2D eigenvalue weighted by atomic mass is 35.5. The van der Waals surface area contributed by atoms with Crippen molar-refractivity contribution < 1.29 is 23.8 Å². The van der Waals surface area contributed by atoms with Gasteiger partial charge in [-0.15, -0.1) is 0 Å². The van der Waals surface area contributed by atoms with E-state index in [1.807, 2.05) is 54.6 Å².